The van der Waals surface area contributed by atoms with Gasteiger partial charge in [-0.1, -0.05) is 12.1 Å². The highest BCUT2D eigenvalue weighted by molar-refractivity contribution is 5.37. The van der Waals surface area contributed by atoms with E-state index in [4.69, 9.17) is 4.74 Å². The van der Waals surface area contributed by atoms with Gasteiger partial charge in [-0.25, -0.2) is 0 Å². The fourth-order valence-corrected chi connectivity index (χ4v) is 2.71. The monoisotopic (exact) mass is 248 g/mol. The minimum absolute atomic E-state index is 0.231. The van der Waals surface area contributed by atoms with E-state index in [1.165, 1.54) is 23.1 Å². The first-order chi connectivity index (χ1) is 8.58. The molecule has 1 aliphatic heterocycles. The topological polar surface area (TPSA) is 29.5 Å². The van der Waals surface area contributed by atoms with Gasteiger partial charge in [0.25, 0.3) is 0 Å². The number of rotatable bonds is 3. The molecule has 18 heavy (non-hydrogen) atoms. The molecule has 1 saturated heterocycles. The van der Waals surface area contributed by atoms with Gasteiger partial charge in [0.15, 0.2) is 0 Å². The molecule has 1 aromatic carbocycles. The minimum atomic E-state index is -0.396. The number of aryl methyl sites for hydroxylation is 3. The van der Waals surface area contributed by atoms with Crippen molar-refractivity contribution in [3.63, 3.8) is 0 Å². The van der Waals surface area contributed by atoms with E-state index in [1.54, 1.807) is 0 Å². The van der Waals surface area contributed by atoms with Gasteiger partial charge in [-0.15, -0.1) is 0 Å². The lowest BCUT2D eigenvalue weighted by atomic mass is 9.93. The van der Waals surface area contributed by atoms with Crippen molar-refractivity contribution < 1.29 is 9.84 Å². The van der Waals surface area contributed by atoms with E-state index >= 15 is 0 Å². The van der Waals surface area contributed by atoms with E-state index in [0.717, 1.165) is 31.4 Å². The summed E-state index contributed by atoms with van der Waals surface area (Å²) in [7, 11) is 0. The van der Waals surface area contributed by atoms with Crippen LogP contribution in [0.3, 0.4) is 0 Å². The maximum absolute atomic E-state index is 10.4. The highest BCUT2D eigenvalue weighted by atomic mass is 16.5. The smallest absolute Gasteiger partial charge is 0.0817 e. The number of ether oxygens (including phenoxy) is 1. The van der Waals surface area contributed by atoms with Gasteiger partial charge in [0.2, 0.25) is 0 Å². The molecule has 1 fully saturated rings. The standard InChI is InChI=1S/C16H24O2/c1-11-8-13(3)15(9-12(11)2)16(17)10-14-6-4-5-7-18-14/h8-9,14,16-17H,4-7,10H2,1-3H3. The molecular weight excluding hydrogens is 224 g/mol. The molecule has 2 rings (SSSR count). The fourth-order valence-electron chi connectivity index (χ4n) is 2.71. The predicted octanol–water partition coefficient (Wildman–Crippen LogP) is 3.60. The first kappa shape index (κ1) is 13.6. The summed E-state index contributed by atoms with van der Waals surface area (Å²) >= 11 is 0. The molecule has 2 atom stereocenters. The molecule has 0 aliphatic carbocycles. The van der Waals surface area contributed by atoms with Gasteiger partial charge in [0.1, 0.15) is 0 Å². The van der Waals surface area contributed by atoms with Crippen molar-refractivity contribution in [3.05, 3.63) is 34.4 Å². The van der Waals surface area contributed by atoms with Crippen molar-refractivity contribution in [2.45, 2.75) is 58.7 Å². The average molecular weight is 248 g/mol. The highest BCUT2D eigenvalue weighted by Gasteiger charge is 2.20. The van der Waals surface area contributed by atoms with Crippen LogP contribution in [0.4, 0.5) is 0 Å². The van der Waals surface area contributed by atoms with Crippen LogP contribution < -0.4 is 0 Å². The van der Waals surface area contributed by atoms with Crippen LogP contribution in [0.1, 0.15) is 54.0 Å². The quantitative estimate of drug-likeness (QED) is 0.885. The average Bonchev–Trinajstić information content (AvgIpc) is 2.35. The lowest BCUT2D eigenvalue weighted by molar-refractivity contribution is -0.0156. The zero-order valence-electron chi connectivity index (χ0n) is 11.7. The van der Waals surface area contributed by atoms with E-state index in [2.05, 4.69) is 32.9 Å². The van der Waals surface area contributed by atoms with Gasteiger partial charge >= 0.3 is 0 Å². The molecule has 0 radical (unpaired) electrons. The first-order valence-electron chi connectivity index (χ1n) is 6.95. The van der Waals surface area contributed by atoms with Crippen molar-refractivity contribution in [3.8, 4) is 0 Å². The number of hydrogen-bond donors (Lipinski definition) is 1. The molecular formula is C16H24O2. The Morgan fingerprint density at radius 3 is 2.56 bits per heavy atom. The largest absolute Gasteiger partial charge is 0.388 e. The van der Waals surface area contributed by atoms with Crippen molar-refractivity contribution in [2.24, 2.45) is 0 Å². The number of aliphatic hydroxyl groups is 1. The summed E-state index contributed by atoms with van der Waals surface area (Å²) < 4.78 is 5.70. The summed E-state index contributed by atoms with van der Waals surface area (Å²) in [6.07, 6.45) is 4.03. The van der Waals surface area contributed by atoms with Crippen LogP contribution in [0.25, 0.3) is 0 Å². The highest BCUT2D eigenvalue weighted by Crippen LogP contribution is 2.28. The zero-order valence-corrected chi connectivity index (χ0v) is 11.7. The Kier molecular flexibility index (Phi) is 4.41. The molecule has 1 aliphatic rings. The molecule has 2 nitrogen and oxygen atoms in total. The summed E-state index contributed by atoms with van der Waals surface area (Å²) in [5, 5.41) is 10.4. The second kappa shape index (κ2) is 5.85. The van der Waals surface area contributed by atoms with E-state index in [0.29, 0.717) is 0 Å². The number of benzene rings is 1. The van der Waals surface area contributed by atoms with Crippen LogP contribution in [0.15, 0.2) is 12.1 Å². The molecule has 0 bridgehead atoms. The molecule has 0 amide bonds. The third kappa shape index (κ3) is 3.12. The van der Waals surface area contributed by atoms with Crippen LogP contribution in [-0.4, -0.2) is 17.8 Å². The summed E-state index contributed by atoms with van der Waals surface area (Å²) in [5.41, 5.74) is 4.78. The lowest BCUT2D eigenvalue weighted by Gasteiger charge is -2.25. The normalized spacial score (nSPS) is 21.9. The maximum atomic E-state index is 10.4. The molecule has 0 spiro atoms. The summed E-state index contributed by atoms with van der Waals surface area (Å²) in [6, 6.07) is 4.29. The summed E-state index contributed by atoms with van der Waals surface area (Å²) in [5.74, 6) is 0. The third-order valence-corrected chi connectivity index (χ3v) is 4.00. The SMILES string of the molecule is Cc1cc(C)c(C(O)CC2CCCCO2)cc1C. The van der Waals surface area contributed by atoms with Gasteiger partial charge in [0.05, 0.1) is 12.2 Å². The number of aliphatic hydroxyl groups excluding tert-OH is 1. The first-order valence-corrected chi connectivity index (χ1v) is 6.95. The van der Waals surface area contributed by atoms with Crippen LogP contribution >= 0.6 is 0 Å². The third-order valence-electron chi connectivity index (χ3n) is 4.00. The van der Waals surface area contributed by atoms with Crippen LogP contribution in [0.2, 0.25) is 0 Å². The van der Waals surface area contributed by atoms with Crippen LogP contribution in [0.5, 0.6) is 0 Å². The number of hydrogen-bond acceptors (Lipinski definition) is 2. The lowest BCUT2D eigenvalue weighted by Crippen LogP contribution is -2.22. The molecule has 1 heterocycles. The van der Waals surface area contributed by atoms with Gasteiger partial charge in [0, 0.05) is 13.0 Å². The van der Waals surface area contributed by atoms with E-state index < -0.39 is 6.10 Å². The van der Waals surface area contributed by atoms with E-state index in [-0.39, 0.29) is 6.10 Å². The van der Waals surface area contributed by atoms with Gasteiger partial charge < -0.3 is 9.84 Å². The van der Waals surface area contributed by atoms with E-state index in [9.17, 15) is 5.11 Å². The summed E-state index contributed by atoms with van der Waals surface area (Å²) in [6.45, 7) is 7.14. The van der Waals surface area contributed by atoms with E-state index in [1.807, 2.05) is 0 Å². The Morgan fingerprint density at radius 2 is 1.89 bits per heavy atom. The molecule has 0 aromatic heterocycles. The summed E-state index contributed by atoms with van der Waals surface area (Å²) in [4.78, 5) is 0. The molecule has 100 valence electrons. The van der Waals surface area contributed by atoms with Crippen molar-refractivity contribution >= 4 is 0 Å². The molecule has 2 heteroatoms. The molecule has 0 saturated carbocycles. The van der Waals surface area contributed by atoms with Gasteiger partial charge in [-0.05, 0) is 62.3 Å². The Morgan fingerprint density at radius 1 is 1.17 bits per heavy atom. The predicted molar refractivity (Wildman–Crippen MR) is 73.8 cm³/mol. The van der Waals surface area contributed by atoms with Crippen LogP contribution in [0, 0.1) is 20.8 Å². The van der Waals surface area contributed by atoms with Crippen LogP contribution in [-0.2, 0) is 4.74 Å². The Labute approximate surface area is 110 Å². The zero-order chi connectivity index (χ0) is 13.1. The molecule has 1 aromatic rings. The minimum Gasteiger partial charge on any atom is -0.388 e. The van der Waals surface area contributed by atoms with Crippen molar-refractivity contribution in [1.29, 1.82) is 0 Å². The van der Waals surface area contributed by atoms with Crippen molar-refractivity contribution in [2.75, 3.05) is 6.61 Å². The Balaban J connectivity index is 2.08. The molecule has 2 unspecified atom stereocenters. The second-order valence-electron chi connectivity index (χ2n) is 5.53. The van der Waals surface area contributed by atoms with Crippen molar-refractivity contribution in [1.82, 2.24) is 0 Å². The molecule has 1 N–H and O–H groups in total. The fraction of sp³-hybridized carbons (Fsp3) is 0.625. The maximum Gasteiger partial charge on any atom is 0.0817 e. The Bertz CT molecular complexity index is 406. The second-order valence-corrected chi connectivity index (χ2v) is 5.53. The van der Waals surface area contributed by atoms with Gasteiger partial charge in [-0.3, -0.25) is 0 Å². The van der Waals surface area contributed by atoms with Gasteiger partial charge in [-0.2, -0.15) is 0 Å². The Hall–Kier alpha value is -0.860.